The van der Waals surface area contributed by atoms with Crippen LogP contribution in [-0.4, -0.2) is 45.6 Å². The zero-order valence-electron chi connectivity index (χ0n) is 20.1. The van der Waals surface area contributed by atoms with Crippen molar-refractivity contribution in [3.8, 4) is 0 Å². The maximum atomic E-state index is 13.3. The Labute approximate surface area is 206 Å². The van der Waals surface area contributed by atoms with Gasteiger partial charge in [0.15, 0.2) is 0 Å². The molecule has 0 unspecified atom stereocenters. The van der Waals surface area contributed by atoms with Crippen LogP contribution in [0.4, 0.5) is 0 Å². The molecule has 0 aliphatic heterocycles. The second-order valence-electron chi connectivity index (χ2n) is 9.02. The van der Waals surface area contributed by atoms with Crippen LogP contribution in [-0.2, 0) is 17.9 Å². The molecule has 0 atom stereocenters. The van der Waals surface area contributed by atoms with Crippen LogP contribution in [0.15, 0.2) is 53.4 Å². The number of hydrogen-bond donors (Lipinski definition) is 1. The lowest BCUT2D eigenvalue weighted by Gasteiger charge is -2.21. The molecule has 1 aliphatic carbocycles. The summed E-state index contributed by atoms with van der Waals surface area (Å²) >= 11 is 1.42. The second kappa shape index (κ2) is 11.6. The number of fused-ring (bicyclic) bond motifs is 1. The Balaban J connectivity index is 1.38. The molecular formula is C27H34N4O2S. The van der Waals surface area contributed by atoms with E-state index in [4.69, 9.17) is 4.98 Å². The fourth-order valence-electron chi connectivity index (χ4n) is 4.70. The van der Waals surface area contributed by atoms with E-state index in [1.165, 1.54) is 43.9 Å². The fourth-order valence-corrected chi connectivity index (χ4v) is 5.58. The van der Waals surface area contributed by atoms with Gasteiger partial charge in [-0.05, 0) is 49.9 Å². The number of aromatic nitrogens is 2. The van der Waals surface area contributed by atoms with Crippen molar-refractivity contribution in [1.29, 1.82) is 0 Å². The Morgan fingerprint density at radius 3 is 2.62 bits per heavy atom. The summed E-state index contributed by atoms with van der Waals surface area (Å²) in [5.74, 6) is 1.75. The Bertz CT molecular complexity index is 1140. The summed E-state index contributed by atoms with van der Waals surface area (Å²) in [5, 5.41) is 3.09. The standard InChI is InChI=1S/C27H34N4O2S/c1-3-31-23-15-9-8-14-22(23)29-25(31)18-30(2)27(33)21-13-7-10-16-24(21)34-19-26(32)28-17-20-11-5-4-6-12-20/h7-10,13-16,20H,3-6,11-12,17-19H2,1-2H3,(H,28,32). The van der Waals surface area contributed by atoms with Gasteiger partial charge in [-0.3, -0.25) is 9.59 Å². The molecule has 2 amide bonds. The first-order chi connectivity index (χ1) is 16.6. The number of rotatable bonds is 9. The lowest BCUT2D eigenvalue weighted by Crippen LogP contribution is -2.31. The summed E-state index contributed by atoms with van der Waals surface area (Å²) in [4.78, 5) is 33.1. The fraction of sp³-hybridized carbons (Fsp3) is 0.444. The monoisotopic (exact) mass is 478 g/mol. The molecule has 2 aromatic carbocycles. The number of aryl methyl sites for hydroxylation is 1. The summed E-state index contributed by atoms with van der Waals surface area (Å²) < 4.78 is 2.15. The van der Waals surface area contributed by atoms with Gasteiger partial charge in [-0.2, -0.15) is 0 Å². The van der Waals surface area contributed by atoms with E-state index in [2.05, 4.69) is 22.9 Å². The molecule has 1 N–H and O–H groups in total. The molecule has 1 aromatic heterocycles. The number of hydrogen-bond acceptors (Lipinski definition) is 4. The lowest BCUT2D eigenvalue weighted by molar-refractivity contribution is -0.118. The van der Waals surface area contributed by atoms with Gasteiger partial charge in [0.2, 0.25) is 5.91 Å². The third-order valence-corrected chi connectivity index (χ3v) is 7.64. The van der Waals surface area contributed by atoms with E-state index in [0.29, 0.717) is 23.8 Å². The SMILES string of the molecule is CCn1c(CN(C)C(=O)c2ccccc2SCC(=O)NCC2CCCCC2)nc2ccccc21. The average molecular weight is 479 g/mol. The number of carbonyl (C=O) groups excluding carboxylic acids is 2. The van der Waals surface area contributed by atoms with Gasteiger partial charge in [-0.15, -0.1) is 11.8 Å². The maximum absolute atomic E-state index is 13.3. The van der Waals surface area contributed by atoms with Crippen LogP contribution in [0.5, 0.6) is 0 Å². The number of nitrogens with zero attached hydrogens (tertiary/aromatic N) is 3. The molecule has 1 heterocycles. The Kier molecular flexibility index (Phi) is 8.27. The molecule has 0 spiro atoms. The molecule has 180 valence electrons. The van der Waals surface area contributed by atoms with Gasteiger partial charge in [0.25, 0.3) is 5.91 Å². The summed E-state index contributed by atoms with van der Waals surface area (Å²) in [6.07, 6.45) is 6.28. The van der Waals surface area contributed by atoms with Crippen LogP contribution in [0.2, 0.25) is 0 Å². The van der Waals surface area contributed by atoms with E-state index < -0.39 is 0 Å². The van der Waals surface area contributed by atoms with Crippen LogP contribution >= 0.6 is 11.8 Å². The van der Waals surface area contributed by atoms with Gasteiger partial charge in [-0.1, -0.05) is 43.5 Å². The highest BCUT2D eigenvalue weighted by Crippen LogP contribution is 2.25. The van der Waals surface area contributed by atoms with Crippen molar-refractivity contribution in [3.05, 3.63) is 59.9 Å². The second-order valence-corrected chi connectivity index (χ2v) is 10.0. The number of para-hydroxylation sites is 2. The van der Waals surface area contributed by atoms with E-state index >= 15 is 0 Å². The number of amides is 2. The predicted octanol–water partition coefficient (Wildman–Crippen LogP) is 5.12. The molecule has 1 aliphatic rings. The molecule has 7 heteroatoms. The first kappa shape index (κ1) is 24.3. The zero-order valence-corrected chi connectivity index (χ0v) is 20.9. The Morgan fingerprint density at radius 2 is 1.82 bits per heavy atom. The normalized spacial score (nSPS) is 14.3. The molecular weight excluding hydrogens is 444 g/mol. The minimum Gasteiger partial charge on any atom is -0.355 e. The predicted molar refractivity (Wildman–Crippen MR) is 138 cm³/mol. The van der Waals surface area contributed by atoms with Gasteiger partial charge >= 0.3 is 0 Å². The van der Waals surface area contributed by atoms with Crippen molar-refractivity contribution < 1.29 is 9.59 Å². The molecule has 0 radical (unpaired) electrons. The van der Waals surface area contributed by atoms with E-state index in [1.54, 1.807) is 11.9 Å². The van der Waals surface area contributed by atoms with Crippen molar-refractivity contribution in [2.75, 3.05) is 19.3 Å². The van der Waals surface area contributed by atoms with Crippen molar-refractivity contribution in [1.82, 2.24) is 19.8 Å². The summed E-state index contributed by atoms with van der Waals surface area (Å²) in [6, 6.07) is 15.6. The quantitative estimate of drug-likeness (QED) is 0.434. The average Bonchev–Trinajstić information content (AvgIpc) is 3.23. The number of benzene rings is 2. The molecule has 4 rings (SSSR count). The number of imidazole rings is 1. The number of thioether (sulfide) groups is 1. The van der Waals surface area contributed by atoms with E-state index in [9.17, 15) is 9.59 Å². The maximum Gasteiger partial charge on any atom is 0.255 e. The first-order valence-corrected chi connectivity index (χ1v) is 13.2. The zero-order chi connectivity index (χ0) is 23.9. The minimum atomic E-state index is -0.0691. The first-order valence-electron chi connectivity index (χ1n) is 12.2. The van der Waals surface area contributed by atoms with Crippen molar-refractivity contribution in [2.45, 2.75) is 57.0 Å². The molecule has 3 aromatic rings. The van der Waals surface area contributed by atoms with Gasteiger partial charge in [0.1, 0.15) is 5.82 Å². The van der Waals surface area contributed by atoms with E-state index in [-0.39, 0.29) is 11.8 Å². The van der Waals surface area contributed by atoms with Crippen LogP contribution in [0.3, 0.4) is 0 Å². The third-order valence-electron chi connectivity index (χ3n) is 6.56. The van der Waals surface area contributed by atoms with Gasteiger partial charge < -0.3 is 14.8 Å². The van der Waals surface area contributed by atoms with Crippen LogP contribution in [0, 0.1) is 5.92 Å². The summed E-state index contributed by atoms with van der Waals surface area (Å²) in [6.45, 7) is 4.06. The minimum absolute atomic E-state index is 0.0304. The van der Waals surface area contributed by atoms with Crippen LogP contribution in [0.1, 0.15) is 55.2 Å². The molecule has 34 heavy (non-hydrogen) atoms. The number of nitrogens with one attached hydrogen (secondary N) is 1. The summed E-state index contributed by atoms with van der Waals surface area (Å²) in [7, 11) is 1.81. The topological polar surface area (TPSA) is 67.2 Å². The Hall–Kier alpha value is -2.80. The highest BCUT2D eigenvalue weighted by Gasteiger charge is 2.20. The van der Waals surface area contributed by atoms with Gasteiger partial charge in [0, 0.05) is 25.0 Å². The lowest BCUT2D eigenvalue weighted by atomic mass is 9.89. The largest absolute Gasteiger partial charge is 0.355 e. The molecule has 0 saturated heterocycles. The van der Waals surface area contributed by atoms with Crippen molar-refractivity contribution >= 4 is 34.6 Å². The van der Waals surface area contributed by atoms with Gasteiger partial charge in [-0.25, -0.2) is 4.98 Å². The Morgan fingerprint density at radius 1 is 1.09 bits per heavy atom. The van der Waals surface area contributed by atoms with E-state index in [0.717, 1.165) is 34.8 Å². The highest BCUT2D eigenvalue weighted by molar-refractivity contribution is 8.00. The van der Waals surface area contributed by atoms with Crippen LogP contribution < -0.4 is 5.32 Å². The van der Waals surface area contributed by atoms with Crippen LogP contribution in [0.25, 0.3) is 11.0 Å². The summed E-state index contributed by atoms with van der Waals surface area (Å²) in [5.41, 5.74) is 2.64. The molecule has 0 bridgehead atoms. The molecule has 6 nitrogen and oxygen atoms in total. The highest BCUT2D eigenvalue weighted by atomic mass is 32.2. The van der Waals surface area contributed by atoms with Crippen molar-refractivity contribution in [3.63, 3.8) is 0 Å². The third kappa shape index (κ3) is 5.81. The molecule has 1 fully saturated rings. The van der Waals surface area contributed by atoms with E-state index in [1.807, 2.05) is 42.5 Å². The molecule has 1 saturated carbocycles. The van der Waals surface area contributed by atoms with Crippen molar-refractivity contribution in [2.24, 2.45) is 5.92 Å². The number of carbonyl (C=O) groups is 2. The smallest absolute Gasteiger partial charge is 0.255 e. The van der Waals surface area contributed by atoms with Gasteiger partial charge in [0.05, 0.1) is 28.9 Å².